The maximum Gasteiger partial charge on any atom is 0.150 e. The molecule has 2 N–H and O–H groups in total. The predicted molar refractivity (Wildman–Crippen MR) is 68.1 cm³/mol. The van der Waals surface area contributed by atoms with Crippen LogP contribution in [-0.4, -0.2) is 58.3 Å². The van der Waals surface area contributed by atoms with Crippen LogP contribution in [0.25, 0.3) is 0 Å². The van der Waals surface area contributed by atoms with E-state index in [2.05, 4.69) is 10.3 Å². The van der Waals surface area contributed by atoms with E-state index in [9.17, 15) is 18.6 Å². The summed E-state index contributed by atoms with van der Waals surface area (Å²) in [5, 5.41) is 27.1. The van der Waals surface area contributed by atoms with E-state index in [1.54, 1.807) is 17.9 Å². The molecule has 1 atom stereocenters. The van der Waals surface area contributed by atoms with E-state index < -0.39 is 15.3 Å². The Bertz CT molecular complexity index is 536. The van der Waals surface area contributed by atoms with Crippen LogP contribution < -0.4 is 0 Å². The molecule has 1 aromatic heterocycles. The van der Waals surface area contributed by atoms with Gasteiger partial charge in [0.25, 0.3) is 0 Å². The molecule has 2 heterocycles. The molecule has 2 rings (SSSR count). The average molecular weight is 289 g/mol. The lowest BCUT2D eigenvalue weighted by atomic mass is 9.73. The summed E-state index contributed by atoms with van der Waals surface area (Å²) in [6.07, 6.45) is 2.52. The van der Waals surface area contributed by atoms with E-state index in [1.165, 1.54) is 0 Å². The van der Waals surface area contributed by atoms with Gasteiger partial charge in [-0.25, -0.2) is 8.42 Å². The number of hydrogen-bond acceptors (Lipinski definition) is 6. The Hall–Kier alpha value is -0.990. The highest BCUT2D eigenvalue weighted by molar-refractivity contribution is 7.91. The number of aryl methyl sites for hydroxylation is 1. The summed E-state index contributed by atoms with van der Waals surface area (Å²) < 4.78 is 24.7. The normalized spacial score (nSPS) is 22.8. The lowest BCUT2D eigenvalue weighted by Crippen LogP contribution is -2.41. The summed E-state index contributed by atoms with van der Waals surface area (Å²) in [6.45, 7) is -0.527. The van der Waals surface area contributed by atoms with E-state index >= 15 is 0 Å². The zero-order valence-electron chi connectivity index (χ0n) is 10.9. The quantitative estimate of drug-likeness (QED) is 0.702. The molecule has 1 saturated heterocycles. The third-order valence-electron chi connectivity index (χ3n) is 3.91. The molecule has 0 aromatic carbocycles. The molecule has 8 heteroatoms. The van der Waals surface area contributed by atoms with Gasteiger partial charge in [0.05, 0.1) is 30.4 Å². The monoisotopic (exact) mass is 289 g/mol. The van der Waals surface area contributed by atoms with Gasteiger partial charge in [-0.05, 0) is 12.3 Å². The first-order valence-corrected chi connectivity index (χ1v) is 8.00. The Labute approximate surface area is 112 Å². The van der Waals surface area contributed by atoms with Crippen LogP contribution in [-0.2, 0) is 23.3 Å². The Morgan fingerprint density at radius 1 is 1.47 bits per heavy atom. The second kappa shape index (κ2) is 5.18. The molecule has 1 fully saturated rings. The van der Waals surface area contributed by atoms with Gasteiger partial charge in [0.2, 0.25) is 0 Å². The average Bonchev–Trinajstić information content (AvgIpc) is 2.92. The minimum Gasteiger partial charge on any atom is -0.396 e. The lowest BCUT2D eigenvalue weighted by molar-refractivity contribution is 0.0117. The number of rotatable bonds is 5. The molecule has 19 heavy (non-hydrogen) atoms. The highest BCUT2D eigenvalue weighted by atomic mass is 32.2. The van der Waals surface area contributed by atoms with E-state index in [1.807, 2.05) is 0 Å². The van der Waals surface area contributed by atoms with Crippen molar-refractivity contribution in [2.45, 2.75) is 12.8 Å². The van der Waals surface area contributed by atoms with Crippen molar-refractivity contribution in [1.82, 2.24) is 15.0 Å². The Balaban J connectivity index is 2.22. The zero-order chi connectivity index (χ0) is 14.1. The highest BCUT2D eigenvalue weighted by Gasteiger charge is 2.44. The molecule has 1 unspecified atom stereocenters. The number of aliphatic hydroxyl groups is 2. The number of aliphatic hydroxyl groups excluding tert-OH is 2. The van der Waals surface area contributed by atoms with Crippen LogP contribution in [0.4, 0.5) is 0 Å². The van der Waals surface area contributed by atoms with E-state index in [0.29, 0.717) is 18.5 Å². The van der Waals surface area contributed by atoms with Gasteiger partial charge in [-0.15, -0.1) is 5.10 Å². The van der Waals surface area contributed by atoms with Crippen molar-refractivity contribution in [3.05, 3.63) is 11.9 Å². The van der Waals surface area contributed by atoms with Crippen molar-refractivity contribution in [2.75, 3.05) is 24.7 Å². The van der Waals surface area contributed by atoms with Crippen molar-refractivity contribution in [3.8, 4) is 0 Å². The van der Waals surface area contributed by atoms with Crippen LogP contribution in [0.5, 0.6) is 0 Å². The molecule has 108 valence electrons. The molecular weight excluding hydrogens is 270 g/mol. The van der Waals surface area contributed by atoms with Crippen molar-refractivity contribution in [2.24, 2.45) is 18.4 Å². The third kappa shape index (κ3) is 2.96. The lowest BCUT2D eigenvalue weighted by Gasteiger charge is -2.34. The van der Waals surface area contributed by atoms with Crippen molar-refractivity contribution in [3.63, 3.8) is 0 Å². The fourth-order valence-electron chi connectivity index (χ4n) is 2.68. The van der Waals surface area contributed by atoms with Crippen LogP contribution in [0.15, 0.2) is 6.20 Å². The Kier molecular flexibility index (Phi) is 3.93. The van der Waals surface area contributed by atoms with Crippen LogP contribution >= 0.6 is 0 Å². The maximum absolute atomic E-state index is 11.6. The summed E-state index contributed by atoms with van der Waals surface area (Å²) in [7, 11) is -1.32. The molecule has 1 aliphatic heterocycles. The van der Waals surface area contributed by atoms with Gasteiger partial charge in [-0.1, -0.05) is 5.21 Å². The molecule has 0 amide bonds. The summed E-state index contributed by atoms with van der Waals surface area (Å²) >= 11 is 0. The standard InChI is InChI=1S/C11H19N3O4S/c1-14-5-10(12-13-14)4-11(7-15,8-16)9-2-3-19(17,18)6-9/h5,9,15-16H,2-4,6-8H2,1H3. The van der Waals surface area contributed by atoms with Crippen LogP contribution in [0, 0.1) is 11.3 Å². The van der Waals surface area contributed by atoms with Gasteiger partial charge < -0.3 is 10.2 Å². The SMILES string of the molecule is Cn1cc(CC(CO)(CO)C2CCS(=O)(=O)C2)nn1. The number of hydrogen-bond donors (Lipinski definition) is 2. The summed E-state index contributed by atoms with van der Waals surface area (Å²) in [4.78, 5) is 0. The van der Waals surface area contributed by atoms with E-state index in [4.69, 9.17) is 0 Å². The topological polar surface area (TPSA) is 105 Å². The minimum atomic E-state index is -3.05. The first-order chi connectivity index (χ1) is 8.91. The molecule has 1 aliphatic rings. The van der Waals surface area contributed by atoms with E-state index in [0.717, 1.165) is 0 Å². The number of aromatic nitrogens is 3. The van der Waals surface area contributed by atoms with Crippen LogP contribution in [0.3, 0.4) is 0 Å². The molecule has 1 aromatic rings. The third-order valence-corrected chi connectivity index (χ3v) is 5.68. The second-order valence-electron chi connectivity index (χ2n) is 5.34. The van der Waals surface area contributed by atoms with Crippen LogP contribution in [0.2, 0.25) is 0 Å². The van der Waals surface area contributed by atoms with E-state index in [-0.39, 0.29) is 30.6 Å². The fraction of sp³-hybridized carbons (Fsp3) is 0.818. The molecule has 0 radical (unpaired) electrons. The Morgan fingerprint density at radius 3 is 2.58 bits per heavy atom. The van der Waals surface area contributed by atoms with Gasteiger partial charge in [0.1, 0.15) is 0 Å². The maximum atomic E-state index is 11.6. The molecule has 0 aliphatic carbocycles. The largest absolute Gasteiger partial charge is 0.396 e. The number of nitrogens with zero attached hydrogens (tertiary/aromatic N) is 3. The van der Waals surface area contributed by atoms with Crippen molar-refractivity contribution < 1.29 is 18.6 Å². The summed E-state index contributed by atoms with van der Waals surface area (Å²) in [5.74, 6) is -0.0941. The number of sulfone groups is 1. The molecule has 0 saturated carbocycles. The van der Waals surface area contributed by atoms with Gasteiger partial charge >= 0.3 is 0 Å². The van der Waals surface area contributed by atoms with Gasteiger partial charge in [-0.3, -0.25) is 4.68 Å². The van der Waals surface area contributed by atoms with Gasteiger partial charge in [-0.2, -0.15) is 0 Å². The molecular formula is C11H19N3O4S. The van der Waals surface area contributed by atoms with Gasteiger partial charge in [0, 0.05) is 25.1 Å². The second-order valence-corrected chi connectivity index (χ2v) is 7.57. The smallest absolute Gasteiger partial charge is 0.150 e. The highest BCUT2D eigenvalue weighted by Crippen LogP contribution is 2.38. The van der Waals surface area contributed by atoms with Crippen molar-refractivity contribution in [1.29, 1.82) is 0 Å². The molecule has 7 nitrogen and oxygen atoms in total. The fourth-order valence-corrected chi connectivity index (χ4v) is 4.62. The zero-order valence-corrected chi connectivity index (χ0v) is 11.7. The Morgan fingerprint density at radius 2 is 2.16 bits per heavy atom. The molecule has 0 bridgehead atoms. The first kappa shape index (κ1) is 14.4. The minimum absolute atomic E-state index is 0.0222. The van der Waals surface area contributed by atoms with Crippen molar-refractivity contribution >= 4 is 9.84 Å². The van der Waals surface area contributed by atoms with Crippen LogP contribution in [0.1, 0.15) is 12.1 Å². The summed E-state index contributed by atoms with van der Waals surface area (Å²) in [5.41, 5.74) is -0.200. The predicted octanol–water partition coefficient (Wildman–Crippen LogP) is -1.24. The van der Waals surface area contributed by atoms with Gasteiger partial charge in [0.15, 0.2) is 9.84 Å². The summed E-state index contributed by atoms with van der Waals surface area (Å²) in [6, 6.07) is 0. The first-order valence-electron chi connectivity index (χ1n) is 6.18. The molecule has 0 spiro atoms.